The Morgan fingerprint density at radius 1 is 1.40 bits per heavy atom. The summed E-state index contributed by atoms with van der Waals surface area (Å²) in [4.78, 5) is 2.04. The van der Waals surface area contributed by atoms with E-state index in [-0.39, 0.29) is 0 Å². The minimum Gasteiger partial charge on any atom is -0.493 e. The van der Waals surface area contributed by atoms with E-state index >= 15 is 0 Å². The summed E-state index contributed by atoms with van der Waals surface area (Å²) in [6.45, 7) is 5.38. The fraction of sp³-hybridized carbons (Fsp3) is 0.562. The minimum atomic E-state index is -0.519. The van der Waals surface area contributed by atoms with E-state index in [9.17, 15) is 5.26 Å². The molecule has 0 saturated carbocycles. The molecule has 0 aliphatic rings. The van der Waals surface area contributed by atoms with Gasteiger partial charge in [-0.2, -0.15) is 5.26 Å². The lowest BCUT2D eigenvalue weighted by atomic mass is 10.0. The molecule has 0 spiro atoms. The van der Waals surface area contributed by atoms with E-state index in [0.29, 0.717) is 13.0 Å². The Kier molecular flexibility index (Phi) is 6.33. The van der Waals surface area contributed by atoms with Gasteiger partial charge in [-0.1, -0.05) is 13.0 Å². The Morgan fingerprint density at radius 2 is 2.15 bits per heavy atom. The summed E-state index contributed by atoms with van der Waals surface area (Å²) in [6, 6.07) is 10.3. The first-order valence-electron chi connectivity index (χ1n) is 7.07. The van der Waals surface area contributed by atoms with E-state index in [1.807, 2.05) is 50.2 Å². The standard InChI is InChI=1S/C16H25N3O/c1-5-10-18-16(2,13-17)9-11-20-15-8-6-7-14(12-15)19(3)4/h6-8,12,18H,5,9-11H2,1-4H3. The van der Waals surface area contributed by atoms with Crippen LogP contribution in [0.2, 0.25) is 0 Å². The first kappa shape index (κ1) is 16.3. The number of benzene rings is 1. The first-order chi connectivity index (χ1) is 9.50. The monoisotopic (exact) mass is 275 g/mol. The average Bonchev–Trinajstić information content (AvgIpc) is 2.45. The molecule has 1 rings (SSSR count). The summed E-state index contributed by atoms with van der Waals surface area (Å²) in [5.74, 6) is 0.840. The maximum absolute atomic E-state index is 9.25. The second-order valence-corrected chi connectivity index (χ2v) is 5.36. The highest BCUT2D eigenvalue weighted by molar-refractivity contribution is 5.49. The SMILES string of the molecule is CCCNC(C)(C#N)CCOc1cccc(N(C)C)c1. The Morgan fingerprint density at radius 3 is 2.75 bits per heavy atom. The molecule has 1 aromatic rings. The number of hydrogen-bond acceptors (Lipinski definition) is 4. The van der Waals surface area contributed by atoms with Gasteiger partial charge >= 0.3 is 0 Å². The van der Waals surface area contributed by atoms with Gasteiger partial charge in [0.25, 0.3) is 0 Å². The Labute approximate surface area is 122 Å². The summed E-state index contributed by atoms with van der Waals surface area (Å²) in [5.41, 5.74) is 0.587. The molecule has 0 aliphatic carbocycles. The lowest BCUT2D eigenvalue weighted by Gasteiger charge is -2.23. The highest BCUT2D eigenvalue weighted by Crippen LogP contribution is 2.20. The van der Waals surface area contributed by atoms with E-state index in [2.05, 4.69) is 18.3 Å². The van der Waals surface area contributed by atoms with Gasteiger partial charge in [0.2, 0.25) is 0 Å². The van der Waals surface area contributed by atoms with Crippen LogP contribution in [0.1, 0.15) is 26.7 Å². The molecule has 0 heterocycles. The van der Waals surface area contributed by atoms with Gasteiger partial charge in [0, 0.05) is 32.3 Å². The molecule has 1 N–H and O–H groups in total. The molecular formula is C16H25N3O. The number of hydrogen-bond donors (Lipinski definition) is 1. The summed E-state index contributed by atoms with van der Waals surface area (Å²) in [6.07, 6.45) is 1.68. The van der Waals surface area contributed by atoms with Crippen LogP contribution in [0.15, 0.2) is 24.3 Å². The maximum Gasteiger partial charge on any atom is 0.121 e. The van der Waals surface area contributed by atoms with Crippen molar-refractivity contribution in [2.24, 2.45) is 0 Å². The van der Waals surface area contributed by atoms with Crippen molar-refractivity contribution in [1.82, 2.24) is 5.32 Å². The second-order valence-electron chi connectivity index (χ2n) is 5.36. The third-order valence-corrected chi connectivity index (χ3v) is 3.22. The van der Waals surface area contributed by atoms with Gasteiger partial charge < -0.3 is 9.64 Å². The second kappa shape index (κ2) is 7.76. The van der Waals surface area contributed by atoms with Crippen molar-refractivity contribution in [1.29, 1.82) is 5.26 Å². The van der Waals surface area contributed by atoms with E-state index in [1.54, 1.807) is 0 Å². The minimum absolute atomic E-state index is 0.519. The van der Waals surface area contributed by atoms with Crippen molar-refractivity contribution in [2.75, 3.05) is 32.1 Å². The maximum atomic E-state index is 9.25. The van der Waals surface area contributed by atoms with Crippen LogP contribution in [-0.4, -0.2) is 32.8 Å². The van der Waals surface area contributed by atoms with Crippen LogP contribution in [0.5, 0.6) is 5.75 Å². The van der Waals surface area contributed by atoms with E-state index in [4.69, 9.17) is 4.74 Å². The molecule has 20 heavy (non-hydrogen) atoms. The summed E-state index contributed by atoms with van der Waals surface area (Å²) < 4.78 is 5.76. The van der Waals surface area contributed by atoms with Crippen LogP contribution in [0.4, 0.5) is 5.69 Å². The molecule has 0 aromatic heterocycles. The molecule has 0 bridgehead atoms. The normalized spacial score (nSPS) is 13.3. The van der Waals surface area contributed by atoms with Gasteiger partial charge in [0.05, 0.1) is 12.7 Å². The molecule has 0 fully saturated rings. The highest BCUT2D eigenvalue weighted by atomic mass is 16.5. The van der Waals surface area contributed by atoms with Crippen molar-refractivity contribution in [2.45, 2.75) is 32.2 Å². The lowest BCUT2D eigenvalue weighted by molar-refractivity contribution is 0.267. The first-order valence-corrected chi connectivity index (χ1v) is 7.07. The molecule has 0 aliphatic heterocycles. The van der Waals surface area contributed by atoms with Crippen LogP contribution in [0, 0.1) is 11.3 Å². The van der Waals surface area contributed by atoms with Crippen molar-refractivity contribution in [3.63, 3.8) is 0 Å². The molecule has 1 atom stereocenters. The predicted octanol–water partition coefficient (Wildman–Crippen LogP) is 2.80. The van der Waals surface area contributed by atoms with Crippen molar-refractivity contribution in [3.05, 3.63) is 24.3 Å². The van der Waals surface area contributed by atoms with E-state index in [0.717, 1.165) is 24.4 Å². The number of ether oxygens (including phenoxy) is 1. The molecule has 4 nitrogen and oxygen atoms in total. The van der Waals surface area contributed by atoms with Gasteiger partial charge in [-0.3, -0.25) is 5.32 Å². The zero-order chi connectivity index (χ0) is 15.0. The summed E-state index contributed by atoms with van der Waals surface area (Å²) in [5, 5.41) is 12.5. The number of anilines is 1. The smallest absolute Gasteiger partial charge is 0.121 e. The Balaban J connectivity index is 2.51. The van der Waals surface area contributed by atoms with Gasteiger partial charge in [-0.25, -0.2) is 0 Å². The van der Waals surface area contributed by atoms with Crippen LogP contribution < -0.4 is 15.0 Å². The largest absolute Gasteiger partial charge is 0.493 e. The third kappa shape index (κ3) is 5.10. The number of nitrogens with one attached hydrogen (secondary N) is 1. The molecular weight excluding hydrogens is 250 g/mol. The summed E-state index contributed by atoms with van der Waals surface area (Å²) in [7, 11) is 4.00. The van der Waals surface area contributed by atoms with Gasteiger partial charge in [0.15, 0.2) is 0 Å². The van der Waals surface area contributed by atoms with Gasteiger partial charge in [-0.05, 0) is 32.0 Å². The van der Waals surface area contributed by atoms with Crippen LogP contribution in [0.25, 0.3) is 0 Å². The van der Waals surface area contributed by atoms with Crippen molar-refractivity contribution in [3.8, 4) is 11.8 Å². The van der Waals surface area contributed by atoms with Crippen LogP contribution in [-0.2, 0) is 0 Å². The van der Waals surface area contributed by atoms with Gasteiger partial charge in [-0.15, -0.1) is 0 Å². The number of rotatable bonds is 8. The topological polar surface area (TPSA) is 48.3 Å². The molecule has 0 radical (unpaired) electrons. The van der Waals surface area contributed by atoms with Crippen LogP contribution >= 0.6 is 0 Å². The lowest BCUT2D eigenvalue weighted by Crippen LogP contribution is -2.42. The third-order valence-electron chi connectivity index (χ3n) is 3.22. The average molecular weight is 275 g/mol. The van der Waals surface area contributed by atoms with Crippen molar-refractivity contribution < 1.29 is 4.74 Å². The fourth-order valence-electron chi connectivity index (χ4n) is 1.81. The zero-order valence-corrected chi connectivity index (χ0v) is 12.9. The summed E-state index contributed by atoms with van der Waals surface area (Å²) >= 11 is 0. The quantitative estimate of drug-likeness (QED) is 0.792. The molecule has 0 amide bonds. The highest BCUT2D eigenvalue weighted by Gasteiger charge is 2.22. The molecule has 4 heteroatoms. The molecule has 110 valence electrons. The predicted molar refractivity (Wildman–Crippen MR) is 83.2 cm³/mol. The van der Waals surface area contributed by atoms with Crippen molar-refractivity contribution >= 4 is 5.69 Å². The Bertz CT molecular complexity index is 453. The molecule has 1 unspecified atom stereocenters. The fourth-order valence-corrected chi connectivity index (χ4v) is 1.81. The Hall–Kier alpha value is -1.73. The van der Waals surface area contributed by atoms with E-state index < -0.39 is 5.54 Å². The zero-order valence-electron chi connectivity index (χ0n) is 12.9. The van der Waals surface area contributed by atoms with Gasteiger partial charge in [0.1, 0.15) is 11.3 Å². The van der Waals surface area contributed by atoms with Crippen LogP contribution in [0.3, 0.4) is 0 Å². The molecule has 0 saturated heterocycles. The number of nitrogens with zero attached hydrogens (tertiary/aromatic N) is 2. The number of nitriles is 1. The van der Waals surface area contributed by atoms with E-state index in [1.165, 1.54) is 0 Å². The molecule has 1 aromatic carbocycles.